The summed E-state index contributed by atoms with van der Waals surface area (Å²) >= 11 is -1.32. The van der Waals surface area contributed by atoms with Gasteiger partial charge >= 0.3 is 5.97 Å². The zero-order valence-corrected chi connectivity index (χ0v) is 10.3. The Morgan fingerprint density at radius 2 is 1.94 bits per heavy atom. The highest BCUT2D eigenvalue weighted by atomic mass is 32.2. The third kappa shape index (κ3) is 4.64. The van der Waals surface area contributed by atoms with E-state index in [-0.39, 0.29) is 6.42 Å². The van der Waals surface area contributed by atoms with Crippen LogP contribution in [0.2, 0.25) is 0 Å². The van der Waals surface area contributed by atoms with Crippen molar-refractivity contribution in [2.45, 2.75) is 18.2 Å². The number of aliphatic carboxylic acids is 1. The van der Waals surface area contributed by atoms with Crippen LogP contribution in [0.4, 0.5) is 0 Å². The number of nitrogens with two attached hydrogens (primary N) is 1. The Morgan fingerprint density at radius 3 is 2.41 bits per heavy atom. The molecule has 0 fully saturated rings. The molecule has 0 aliphatic heterocycles. The Balaban J connectivity index is 2.62. The quantitative estimate of drug-likeness (QED) is 0.772. The molecule has 17 heavy (non-hydrogen) atoms. The monoisotopic (exact) mass is 257 g/mol. The Kier molecular flexibility index (Phi) is 5.27. The Labute approximate surface area is 102 Å². The van der Waals surface area contributed by atoms with E-state index >= 15 is 0 Å². The van der Waals surface area contributed by atoms with Crippen LogP contribution in [0.15, 0.2) is 24.3 Å². The summed E-state index contributed by atoms with van der Waals surface area (Å²) in [7, 11) is 1.39. The van der Waals surface area contributed by atoms with Gasteiger partial charge in [-0.05, 0) is 17.5 Å². The molecule has 0 aliphatic rings. The van der Waals surface area contributed by atoms with Crippen molar-refractivity contribution < 1.29 is 18.3 Å². The number of carboxylic acid groups (broad SMARTS) is 1. The summed E-state index contributed by atoms with van der Waals surface area (Å²) < 4.78 is 15.8. The van der Waals surface area contributed by atoms with Gasteiger partial charge in [0, 0.05) is 0 Å². The third-order valence-corrected chi connectivity index (χ3v) is 3.21. The molecule has 0 aromatic heterocycles. The Hall–Kier alpha value is -1.24. The first-order valence-electron chi connectivity index (χ1n) is 5.02. The van der Waals surface area contributed by atoms with Crippen molar-refractivity contribution >= 4 is 17.0 Å². The van der Waals surface area contributed by atoms with Crippen LogP contribution < -0.4 is 5.73 Å². The first-order valence-corrected chi connectivity index (χ1v) is 6.26. The van der Waals surface area contributed by atoms with Gasteiger partial charge in [0.25, 0.3) is 0 Å². The maximum absolute atomic E-state index is 11.1. The van der Waals surface area contributed by atoms with Gasteiger partial charge in [-0.3, -0.25) is 8.98 Å². The second kappa shape index (κ2) is 6.48. The van der Waals surface area contributed by atoms with Crippen LogP contribution in [0, 0.1) is 0 Å². The van der Waals surface area contributed by atoms with Crippen LogP contribution in [-0.2, 0) is 32.2 Å². The second-order valence-electron chi connectivity index (χ2n) is 3.58. The molecule has 0 bridgehead atoms. The highest BCUT2D eigenvalue weighted by molar-refractivity contribution is 7.79. The SMILES string of the molecule is COS(=O)Cc1ccc(CC(N)C(=O)O)cc1. The fraction of sp³-hybridized carbons (Fsp3) is 0.364. The van der Waals surface area contributed by atoms with Gasteiger partial charge in [-0.1, -0.05) is 24.3 Å². The average Bonchev–Trinajstić information content (AvgIpc) is 2.31. The van der Waals surface area contributed by atoms with Gasteiger partial charge in [-0.2, -0.15) is 0 Å². The molecule has 1 aromatic carbocycles. The maximum atomic E-state index is 11.1. The number of hydrogen-bond acceptors (Lipinski definition) is 4. The summed E-state index contributed by atoms with van der Waals surface area (Å²) in [5.74, 6) is -0.698. The van der Waals surface area contributed by atoms with E-state index in [1.165, 1.54) is 7.11 Å². The van der Waals surface area contributed by atoms with Crippen molar-refractivity contribution in [2.75, 3.05) is 7.11 Å². The van der Waals surface area contributed by atoms with Gasteiger partial charge < -0.3 is 10.8 Å². The first kappa shape index (κ1) is 13.8. The molecule has 0 heterocycles. The lowest BCUT2D eigenvalue weighted by atomic mass is 10.1. The topological polar surface area (TPSA) is 89.6 Å². The van der Waals surface area contributed by atoms with E-state index in [1.807, 2.05) is 0 Å². The maximum Gasteiger partial charge on any atom is 0.320 e. The lowest BCUT2D eigenvalue weighted by Gasteiger charge is -2.07. The van der Waals surface area contributed by atoms with Crippen molar-refractivity contribution in [3.8, 4) is 0 Å². The number of rotatable bonds is 6. The summed E-state index contributed by atoms with van der Waals surface area (Å²) in [5, 5.41) is 8.67. The van der Waals surface area contributed by atoms with E-state index < -0.39 is 23.1 Å². The van der Waals surface area contributed by atoms with Crippen molar-refractivity contribution in [1.82, 2.24) is 0 Å². The molecule has 1 aromatic rings. The molecular formula is C11H15NO4S. The molecule has 2 atom stereocenters. The summed E-state index contributed by atoms with van der Waals surface area (Å²) in [5.41, 5.74) is 7.13. The predicted molar refractivity (Wildman–Crippen MR) is 64.6 cm³/mol. The van der Waals surface area contributed by atoms with E-state index in [9.17, 15) is 9.00 Å². The van der Waals surface area contributed by atoms with Crippen molar-refractivity contribution in [2.24, 2.45) is 5.73 Å². The Morgan fingerprint density at radius 1 is 1.41 bits per heavy atom. The van der Waals surface area contributed by atoms with E-state index in [2.05, 4.69) is 4.18 Å². The van der Waals surface area contributed by atoms with Crippen LogP contribution >= 0.6 is 0 Å². The van der Waals surface area contributed by atoms with Gasteiger partial charge in [0.05, 0.1) is 12.9 Å². The summed E-state index contributed by atoms with van der Waals surface area (Å²) in [6, 6.07) is 6.26. The first-order chi connectivity index (χ1) is 8.02. The fourth-order valence-corrected chi connectivity index (χ4v) is 1.89. The number of carbonyl (C=O) groups is 1. The van der Waals surface area contributed by atoms with Crippen LogP contribution in [0.1, 0.15) is 11.1 Å². The number of benzene rings is 1. The molecule has 0 aliphatic carbocycles. The molecule has 3 N–H and O–H groups in total. The number of carboxylic acids is 1. The third-order valence-electron chi connectivity index (χ3n) is 2.27. The lowest BCUT2D eigenvalue weighted by Crippen LogP contribution is -2.32. The molecule has 2 unspecified atom stereocenters. The van der Waals surface area contributed by atoms with Crippen LogP contribution in [0.5, 0.6) is 0 Å². The van der Waals surface area contributed by atoms with E-state index in [0.29, 0.717) is 5.75 Å². The lowest BCUT2D eigenvalue weighted by molar-refractivity contribution is -0.138. The van der Waals surface area contributed by atoms with Crippen molar-refractivity contribution in [1.29, 1.82) is 0 Å². The smallest absolute Gasteiger partial charge is 0.320 e. The van der Waals surface area contributed by atoms with E-state index in [0.717, 1.165) is 11.1 Å². The minimum Gasteiger partial charge on any atom is -0.480 e. The summed E-state index contributed by atoms with van der Waals surface area (Å²) in [6.45, 7) is 0. The van der Waals surface area contributed by atoms with Crippen LogP contribution in [0.25, 0.3) is 0 Å². The van der Waals surface area contributed by atoms with Crippen LogP contribution in [0.3, 0.4) is 0 Å². The zero-order chi connectivity index (χ0) is 12.8. The van der Waals surface area contributed by atoms with E-state index in [4.69, 9.17) is 10.8 Å². The normalized spacial score (nSPS) is 14.2. The molecule has 0 radical (unpaired) electrons. The molecule has 0 amide bonds. The molecule has 6 heteroatoms. The number of hydrogen-bond donors (Lipinski definition) is 2. The predicted octanol–water partition coefficient (Wildman–Crippen LogP) is 0.451. The molecular weight excluding hydrogens is 242 g/mol. The minimum atomic E-state index is -1.32. The molecule has 5 nitrogen and oxygen atoms in total. The van der Waals surface area contributed by atoms with Crippen molar-refractivity contribution in [3.63, 3.8) is 0 Å². The molecule has 0 saturated heterocycles. The highest BCUT2D eigenvalue weighted by Crippen LogP contribution is 2.09. The van der Waals surface area contributed by atoms with E-state index in [1.54, 1.807) is 24.3 Å². The highest BCUT2D eigenvalue weighted by Gasteiger charge is 2.11. The molecule has 0 spiro atoms. The standard InChI is InChI=1S/C11H15NO4S/c1-16-17(15)7-9-4-2-8(3-5-9)6-10(12)11(13)14/h2-5,10H,6-7,12H2,1H3,(H,13,14). The Bertz CT molecular complexity index is 404. The molecule has 0 saturated carbocycles. The van der Waals surface area contributed by atoms with Gasteiger partial charge in [0.2, 0.25) is 0 Å². The molecule has 1 rings (SSSR count). The summed E-state index contributed by atoms with van der Waals surface area (Å²) in [4.78, 5) is 10.6. The average molecular weight is 257 g/mol. The molecule has 94 valence electrons. The van der Waals surface area contributed by atoms with Crippen LogP contribution in [-0.4, -0.2) is 28.4 Å². The van der Waals surface area contributed by atoms with Gasteiger partial charge in [-0.15, -0.1) is 0 Å². The van der Waals surface area contributed by atoms with Gasteiger partial charge in [0.1, 0.15) is 6.04 Å². The largest absolute Gasteiger partial charge is 0.480 e. The minimum absolute atomic E-state index is 0.281. The van der Waals surface area contributed by atoms with Crippen molar-refractivity contribution in [3.05, 3.63) is 35.4 Å². The fourth-order valence-electron chi connectivity index (χ4n) is 1.31. The van der Waals surface area contributed by atoms with Gasteiger partial charge in [-0.25, -0.2) is 4.21 Å². The van der Waals surface area contributed by atoms with Gasteiger partial charge in [0.15, 0.2) is 11.1 Å². The second-order valence-corrected chi connectivity index (χ2v) is 4.81. The summed E-state index contributed by atoms with van der Waals surface area (Å²) in [6.07, 6.45) is 0.281. The zero-order valence-electron chi connectivity index (χ0n) is 9.46.